The maximum atomic E-state index is 11.6. The van der Waals surface area contributed by atoms with E-state index in [0.29, 0.717) is 11.5 Å². The van der Waals surface area contributed by atoms with Crippen molar-refractivity contribution in [3.8, 4) is 22.6 Å². The fraction of sp³-hybridized carbons (Fsp3) is 0.250. The van der Waals surface area contributed by atoms with Crippen LogP contribution in [0, 0.1) is 0 Å². The van der Waals surface area contributed by atoms with Gasteiger partial charge in [0.25, 0.3) is 0 Å². The van der Waals surface area contributed by atoms with Crippen LogP contribution in [-0.4, -0.2) is 60.8 Å². The van der Waals surface area contributed by atoms with E-state index in [9.17, 15) is 19.8 Å². The Bertz CT molecular complexity index is 1590. The van der Waals surface area contributed by atoms with Crippen molar-refractivity contribution in [1.29, 1.82) is 0 Å². The minimum atomic E-state index is -0.991. The Morgan fingerprint density at radius 1 is 0.583 bits per heavy atom. The normalized spacial score (nSPS) is 13.4. The molecule has 0 radical (unpaired) electrons. The van der Waals surface area contributed by atoms with Gasteiger partial charge in [0.2, 0.25) is 0 Å². The zero-order chi connectivity index (χ0) is 34.7. The number of aliphatic hydroxyl groups excluding tert-OH is 2. The molecule has 0 amide bonds. The third-order valence-corrected chi connectivity index (χ3v) is 7.83. The van der Waals surface area contributed by atoms with Crippen LogP contribution in [-0.2, 0) is 24.5 Å². The Labute approximate surface area is 281 Å². The van der Waals surface area contributed by atoms with Crippen molar-refractivity contribution in [2.45, 2.75) is 38.4 Å². The van der Waals surface area contributed by atoms with Gasteiger partial charge in [-0.25, -0.2) is 9.59 Å². The molecule has 0 saturated carbocycles. The highest BCUT2D eigenvalue weighted by Crippen LogP contribution is 2.40. The average Bonchev–Trinajstić information content (AvgIpc) is 3.11. The second kappa shape index (κ2) is 16.6. The third-order valence-electron chi connectivity index (χ3n) is 7.83. The fourth-order valence-electron chi connectivity index (χ4n) is 4.97. The van der Waals surface area contributed by atoms with Crippen LogP contribution in [0.3, 0.4) is 0 Å². The molecule has 4 aromatic carbocycles. The predicted octanol–water partition coefficient (Wildman–Crippen LogP) is 6.43. The molecule has 0 aliphatic carbocycles. The number of rotatable bonds is 16. The van der Waals surface area contributed by atoms with E-state index in [1.165, 1.54) is 0 Å². The van der Waals surface area contributed by atoms with Gasteiger partial charge in [0, 0.05) is 16.6 Å². The topological polar surface area (TPSA) is 112 Å². The van der Waals surface area contributed by atoms with Gasteiger partial charge >= 0.3 is 11.9 Å². The summed E-state index contributed by atoms with van der Waals surface area (Å²) in [7, 11) is 0. The van der Waals surface area contributed by atoms with E-state index >= 15 is 0 Å². The van der Waals surface area contributed by atoms with E-state index in [1.807, 2.05) is 66.7 Å². The fourth-order valence-corrected chi connectivity index (χ4v) is 4.97. The molecule has 2 unspecified atom stereocenters. The summed E-state index contributed by atoms with van der Waals surface area (Å²) >= 11 is 0. The summed E-state index contributed by atoms with van der Waals surface area (Å²) in [4.78, 5) is 23.2. The number of hydrogen-bond donors (Lipinski definition) is 2. The number of esters is 2. The smallest absolute Gasteiger partial charge is 0.333 e. The van der Waals surface area contributed by atoms with Crippen LogP contribution in [0.25, 0.3) is 11.1 Å². The first-order valence-electron chi connectivity index (χ1n) is 15.6. The van der Waals surface area contributed by atoms with Crippen LogP contribution in [0.5, 0.6) is 11.5 Å². The van der Waals surface area contributed by atoms with Crippen molar-refractivity contribution in [3.05, 3.63) is 144 Å². The molecule has 8 heteroatoms. The Hall–Kier alpha value is -5.18. The first kappa shape index (κ1) is 35.7. The molecule has 4 rings (SSSR count). The zero-order valence-corrected chi connectivity index (χ0v) is 27.6. The highest BCUT2D eigenvalue weighted by atomic mass is 16.6. The van der Waals surface area contributed by atoms with Crippen molar-refractivity contribution in [1.82, 2.24) is 0 Å². The highest BCUT2D eigenvalue weighted by molar-refractivity contribution is 5.87. The number of benzene rings is 4. The lowest BCUT2D eigenvalue weighted by Crippen LogP contribution is -2.26. The molecule has 2 N–H and O–H groups in total. The number of ether oxygens (including phenoxy) is 4. The van der Waals surface area contributed by atoms with Crippen molar-refractivity contribution in [2.75, 3.05) is 26.4 Å². The molecule has 4 aromatic rings. The molecule has 250 valence electrons. The molecule has 0 aliphatic heterocycles. The molecule has 48 heavy (non-hydrogen) atoms. The number of aliphatic hydroxyl groups is 2. The van der Waals surface area contributed by atoms with Crippen molar-refractivity contribution in [2.24, 2.45) is 0 Å². The van der Waals surface area contributed by atoms with E-state index in [2.05, 4.69) is 56.5 Å². The lowest BCUT2D eigenvalue weighted by molar-refractivity contribution is -0.143. The van der Waals surface area contributed by atoms with Gasteiger partial charge in [-0.05, 0) is 72.9 Å². The van der Waals surface area contributed by atoms with Gasteiger partial charge in [-0.1, -0.05) is 92.0 Å². The maximum Gasteiger partial charge on any atom is 0.333 e. The lowest BCUT2D eigenvalue weighted by Gasteiger charge is -2.32. The summed E-state index contributed by atoms with van der Waals surface area (Å²) < 4.78 is 21.6. The molecule has 0 bridgehead atoms. The Morgan fingerprint density at radius 3 is 1.31 bits per heavy atom. The second-order valence-electron chi connectivity index (χ2n) is 11.8. The van der Waals surface area contributed by atoms with Gasteiger partial charge in [0.15, 0.2) is 0 Å². The second-order valence-corrected chi connectivity index (χ2v) is 11.8. The Morgan fingerprint density at radius 2 is 0.938 bits per heavy atom. The maximum absolute atomic E-state index is 11.6. The van der Waals surface area contributed by atoms with Crippen molar-refractivity contribution < 1.29 is 38.7 Å². The SMILES string of the molecule is C=C(C)C(=O)OCC(O)COc1ccc(C(C)(c2ccc(OCC(O)COC(=O)C(=C)C)cc2)c2ccc(-c3ccccc3)cc2)cc1. The van der Waals surface area contributed by atoms with Crippen LogP contribution in [0.15, 0.2) is 127 Å². The predicted molar refractivity (Wildman–Crippen MR) is 185 cm³/mol. The van der Waals surface area contributed by atoms with Gasteiger partial charge in [-0.2, -0.15) is 0 Å². The lowest BCUT2D eigenvalue weighted by atomic mass is 9.71. The molecule has 0 heterocycles. The van der Waals surface area contributed by atoms with Gasteiger partial charge < -0.3 is 29.2 Å². The van der Waals surface area contributed by atoms with E-state index in [4.69, 9.17) is 18.9 Å². The van der Waals surface area contributed by atoms with E-state index in [1.54, 1.807) is 13.8 Å². The summed E-state index contributed by atoms with van der Waals surface area (Å²) in [5, 5.41) is 20.4. The van der Waals surface area contributed by atoms with Crippen LogP contribution < -0.4 is 9.47 Å². The standard InChI is InChI=1S/C40H42O8/c1-27(2)38(43)47-25-34(41)23-45-36-19-15-32(16-20-36)40(5,31-13-11-30(12-14-31)29-9-7-6-8-10-29)33-17-21-37(22-18-33)46-24-35(42)26-48-39(44)28(3)4/h6-22,34-35,41-42H,1,3,23-26H2,2,4-5H3. The summed E-state index contributed by atoms with van der Waals surface area (Å²) in [5.74, 6) is -0.00866. The van der Waals surface area contributed by atoms with Crippen LogP contribution >= 0.6 is 0 Å². The van der Waals surface area contributed by atoms with Crippen molar-refractivity contribution in [3.63, 3.8) is 0 Å². The van der Waals surface area contributed by atoms with E-state index < -0.39 is 29.6 Å². The minimum absolute atomic E-state index is 0.0481. The quantitative estimate of drug-likeness (QED) is 0.0812. The average molecular weight is 651 g/mol. The first-order chi connectivity index (χ1) is 23.0. The summed E-state index contributed by atoms with van der Waals surface area (Å²) in [6.45, 7) is 11.8. The first-order valence-corrected chi connectivity index (χ1v) is 15.6. The van der Waals surface area contributed by atoms with E-state index in [-0.39, 0.29) is 37.6 Å². The van der Waals surface area contributed by atoms with Gasteiger partial charge in [-0.3, -0.25) is 0 Å². The molecule has 0 aliphatic rings. The molecular weight excluding hydrogens is 608 g/mol. The number of carbonyl (C=O) groups excluding carboxylic acids is 2. The number of hydrogen-bond acceptors (Lipinski definition) is 8. The Kier molecular flexibility index (Phi) is 12.3. The van der Waals surface area contributed by atoms with Gasteiger partial charge in [0.1, 0.15) is 50.1 Å². The van der Waals surface area contributed by atoms with Gasteiger partial charge in [0.05, 0.1) is 0 Å². The Balaban J connectivity index is 1.53. The summed E-state index contributed by atoms with van der Waals surface area (Å²) in [6, 6.07) is 34.0. The van der Waals surface area contributed by atoms with Gasteiger partial charge in [-0.15, -0.1) is 0 Å². The van der Waals surface area contributed by atoms with Crippen LogP contribution in [0.2, 0.25) is 0 Å². The monoisotopic (exact) mass is 650 g/mol. The molecule has 0 spiro atoms. The number of carbonyl (C=O) groups is 2. The molecule has 0 fully saturated rings. The molecule has 0 aromatic heterocycles. The molecule has 8 nitrogen and oxygen atoms in total. The molecule has 2 atom stereocenters. The van der Waals surface area contributed by atoms with E-state index in [0.717, 1.165) is 27.8 Å². The van der Waals surface area contributed by atoms with Crippen LogP contribution in [0.1, 0.15) is 37.5 Å². The third kappa shape index (κ3) is 9.44. The summed E-state index contributed by atoms with van der Waals surface area (Å²) in [6.07, 6.45) is -1.98. The molecular formula is C40H42O8. The molecule has 0 saturated heterocycles. The zero-order valence-electron chi connectivity index (χ0n) is 27.6. The largest absolute Gasteiger partial charge is 0.491 e. The van der Waals surface area contributed by atoms with Crippen LogP contribution in [0.4, 0.5) is 0 Å². The minimum Gasteiger partial charge on any atom is -0.491 e. The van der Waals surface area contributed by atoms with Crippen molar-refractivity contribution >= 4 is 11.9 Å². The highest BCUT2D eigenvalue weighted by Gasteiger charge is 2.31. The summed E-state index contributed by atoms with van der Waals surface area (Å²) in [5.41, 5.74) is 5.24.